The van der Waals surface area contributed by atoms with E-state index in [1.807, 2.05) is 13.8 Å². The van der Waals surface area contributed by atoms with E-state index < -0.39 is 0 Å². The Hall–Kier alpha value is -1.78. The molecule has 5 nitrogen and oxygen atoms in total. The van der Waals surface area contributed by atoms with Crippen LogP contribution >= 0.6 is 0 Å². The number of aromatic amines is 1. The Bertz CT molecular complexity index is 517. The van der Waals surface area contributed by atoms with Crippen molar-refractivity contribution < 1.29 is 0 Å². The molecule has 0 amide bonds. The zero-order valence-electron chi connectivity index (χ0n) is 7.33. The second kappa shape index (κ2) is 2.62. The van der Waals surface area contributed by atoms with Crippen molar-refractivity contribution in [1.29, 1.82) is 0 Å². The monoisotopic (exact) mass is 176 g/mol. The molecule has 13 heavy (non-hydrogen) atoms. The van der Waals surface area contributed by atoms with Crippen LogP contribution in [-0.2, 0) is 0 Å². The highest BCUT2D eigenvalue weighted by molar-refractivity contribution is 5.67. The van der Waals surface area contributed by atoms with E-state index in [1.165, 1.54) is 6.33 Å². The van der Waals surface area contributed by atoms with Gasteiger partial charge in [0.1, 0.15) is 0 Å². The molecule has 1 N–H and O–H groups in total. The van der Waals surface area contributed by atoms with Crippen LogP contribution in [0.4, 0.5) is 0 Å². The maximum Gasteiger partial charge on any atom is 0.278 e. The van der Waals surface area contributed by atoms with E-state index in [4.69, 9.17) is 0 Å². The molecule has 2 aromatic heterocycles. The van der Waals surface area contributed by atoms with Gasteiger partial charge in [0, 0.05) is 0 Å². The third-order valence-electron chi connectivity index (χ3n) is 1.89. The molecule has 0 fully saturated rings. The lowest BCUT2D eigenvalue weighted by molar-refractivity contribution is 1.04. The summed E-state index contributed by atoms with van der Waals surface area (Å²) in [7, 11) is 0. The van der Waals surface area contributed by atoms with Gasteiger partial charge in [0.05, 0.1) is 17.7 Å². The van der Waals surface area contributed by atoms with Gasteiger partial charge in [-0.1, -0.05) is 0 Å². The van der Waals surface area contributed by atoms with Crippen LogP contribution in [0.25, 0.3) is 11.2 Å². The van der Waals surface area contributed by atoms with Gasteiger partial charge in [-0.05, 0) is 13.8 Å². The Labute approximate surface area is 73.9 Å². The number of H-pyrrole nitrogens is 1. The molecule has 0 aliphatic heterocycles. The summed E-state index contributed by atoms with van der Waals surface area (Å²) in [6, 6.07) is 0. The van der Waals surface area contributed by atoms with E-state index >= 15 is 0 Å². The Morgan fingerprint density at radius 1 is 1.23 bits per heavy atom. The molecule has 0 radical (unpaired) electrons. The summed E-state index contributed by atoms with van der Waals surface area (Å²) in [5, 5.41) is 0. The molecule has 2 aromatic rings. The van der Waals surface area contributed by atoms with Crippen LogP contribution in [0, 0.1) is 13.8 Å². The summed E-state index contributed by atoms with van der Waals surface area (Å²) < 4.78 is 0. The fourth-order valence-electron chi connectivity index (χ4n) is 1.05. The summed E-state index contributed by atoms with van der Waals surface area (Å²) in [5.41, 5.74) is 2.00. The second-order valence-electron chi connectivity index (χ2n) is 2.80. The van der Waals surface area contributed by atoms with Crippen molar-refractivity contribution in [3.63, 3.8) is 0 Å². The Kier molecular flexibility index (Phi) is 1.58. The van der Waals surface area contributed by atoms with Gasteiger partial charge in [-0.25, -0.2) is 15.0 Å². The van der Waals surface area contributed by atoms with Crippen LogP contribution in [-0.4, -0.2) is 19.9 Å². The van der Waals surface area contributed by atoms with Crippen molar-refractivity contribution >= 4 is 11.2 Å². The van der Waals surface area contributed by atoms with Gasteiger partial charge in [-0.15, -0.1) is 0 Å². The first-order valence-corrected chi connectivity index (χ1v) is 3.87. The molecule has 2 rings (SSSR count). The van der Waals surface area contributed by atoms with E-state index in [1.54, 1.807) is 0 Å². The third-order valence-corrected chi connectivity index (χ3v) is 1.89. The number of nitrogens with one attached hydrogen (secondary N) is 1. The van der Waals surface area contributed by atoms with Crippen molar-refractivity contribution in [3.05, 3.63) is 28.1 Å². The second-order valence-corrected chi connectivity index (χ2v) is 2.80. The van der Waals surface area contributed by atoms with Crippen LogP contribution in [0.15, 0.2) is 11.1 Å². The van der Waals surface area contributed by atoms with Crippen LogP contribution in [0.1, 0.15) is 11.4 Å². The number of nitrogens with zero attached hydrogens (tertiary/aromatic N) is 3. The quantitative estimate of drug-likeness (QED) is 0.627. The van der Waals surface area contributed by atoms with E-state index in [0.29, 0.717) is 11.2 Å². The van der Waals surface area contributed by atoms with Crippen molar-refractivity contribution in [3.8, 4) is 0 Å². The smallest absolute Gasteiger partial charge is 0.278 e. The number of hydrogen-bond donors (Lipinski definition) is 1. The summed E-state index contributed by atoms with van der Waals surface area (Å²) >= 11 is 0. The Balaban J connectivity index is 2.97. The molecule has 0 saturated carbocycles. The SMILES string of the molecule is Cc1nc2nc[nH]c(=O)c2nc1C. The Morgan fingerprint density at radius 2 is 1.92 bits per heavy atom. The Morgan fingerprint density at radius 3 is 2.69 bits per heavy atom. The lowest BCUT2D eigenvalue weighted by atomic mass is 10.3. The summed E-state index contributed by atoms with van der Waals surface area (Å²) in [4.78, 5) is 25.9. The first kappa shape index (κ1) is 7.85. The molecule has 2 heterocycles. The van der Waals surface area contributed by atoms with E-state index in [2.05, 4.69) is 19.9 Å². The molecule has 0 bridgehead atoms. The fraction of sp³-hybridized carbons (Fsp3) is 0.250. The summed E-state index contributed by atoms with van der Waals surface area (Å²) in [6.45, 7) is 3.65. The predicted octanol–water partition coefficient (Wildman–Crippen LogP) is 0.330. The zero-order chi connectivity index (χ0) is 9.42. The van der Waals surface area contributed by atoms with E-state index in [9.17, 15) is 4.79 Å². The van der Waals surface area contributed by atoms with Crippen molar-refractivity contribution in [2.45, 2.75) is 13.8 Å². The minimum atomic E-state index is -0.249. The molecule has 0 unspecified atom stereocenters. The van der Waals surface area contributed by atoms with Gasteiger partial charge in [-0.2, -0.15) is 0 Å². The minimum absolute atomic E-state index is 0.249. The molecule has 0 spiro atoms. The highest BCUT2D eigenvalue weighted by atomic mass is 16.1. The van der Waals surface area contributed by atoms with Crippen molar-refractivity contribution in [1.82, 2.24) is 19.9 Å². The predicted molar refractivity (Wildman–Crippen MR) is 47.4 cm³/mol. The van der Waals surface area contributed by atoms with E-state index in [-0.39, 0.29) is 5.56 Å². The summed E-state index contributed by atoms with van der Waals surface area (Å²) in [6.07, 6.45) is 1.33. The largest absolute Gasteiger partial charge is 0.311 e. The zero-order valence-corrected chi connectivity index (χ0v) is 7.33. The molecule has 0 aromatic carbocycles. The first-order chi connectivity index (χ1) is 6.18. The number of rotatable bonds is 0. The molecular weight excluding hydrogens is 168 g/mol. The van der Waals surface area contributed by atoms with Gasteiger partial charge in [0.15, 0.2) is 11.2 Å². The molecular formula is C8H8N4O. The maximum absolute atomic E-state index is 11.2. The number of fused-ring (bicyclic) bond motifs is 1. The molecule has 0 atom stereocenters. The number of aromatic nitrogens is 4. The van der Waals surface area contributed by atoms with Gasteiger partial charge < -0.3 is 4.98 Å². The van der Waals surface area contributed by atoms with Crippen molar-refractivity contribution in [2.75, 3.05) is 0 Å². The standard InChI is InChI=1S/C8H8N4O/c1-4-5(2)12-7-6(11-4)8(13)10-3-9-7/h3H,1-2H3,(H,9,10,12,13). The van der Waals surface area contributed by atoms with Crippen LogP contribution in [0.2, 0.25) is 0 Å². The van der Waals surface area contributed by atoms with Crippen LogP contribution < -0.4 is 5.56 Å². The lowest BCUT2D eigenvalue weighted by Crippen LogP contribution is -2.10. The number of hydrogen-bond acceptors (Lipinski definition) is 4. The highest BCUT2D eigenvalue weighted by Gasteiger charge is 2.04. The van der Waals surface area contributed by atoms with Crippen LogP contribution in [0.5, 0.6) is 0 Å². The topological polar surface area (TPSA) is 71.5 Å². The third kappa shape index (κ3) is 1.18. The molecule has 66 valence electrons. The average Bonchev–Trinajstić information content (AvgIpc) is 2.09. The van der Waals surface area contributed by atoms with Gasteiger partial charge in [0.25, 0.3) is 5.56 Å². The van der Waals surface area contributed by atoms with Gasteiger partial charge in [0.2, 0.25) is 0 Å². The van der Waals surface area contributed by atoms with E-state index in [0.717, 1.165) is 11.4 Å². The molecule has 5 heteroatoms. The van der Waals surface area contributed by atoms with Crippen molar-refractivity contribution in [2.24, 2.45) is 0 Å². The highest BCUT2D eigenvalue weighted by Crippen LogP contribution is 2.04. The van der Waals surface area contributed by atoms with Gasteiger partial charge >= 0.3 is 0 Å². The molecule has 0 saturated heterocycles. The van der Waals surface area contributed by atoms with Crippen LogP contribution in [0.3, 0.4) is 0 Å². The fourth-order valence-corrected chi connectivity index (χ4v) is 1.05. The molecule has 0 aliphatic carbocycles. The lowest BCUT2D eigenvalue weighted by Gasteiger charge is -1.98. The van der Waals surface area contributed by atoms with Gasteiger partial charge in [-0.3, -0.25) is 4.79 Å². The summed E-state index contributed by atoms with van der Waals surface area (Å²) in [5.74, 6) is 0. The number of aryl methyl sites for hydroxylation is 2. The molecule has 0 aliphatic rings. The average molecular weight is 176 g/mol. The first-order valence-electron chi connectivity index (χ1n) is 3.87. The minimum Gasteiger partial charge on any atom is -0.311 e. The maximum atomic E-state index is 11.2. The normalized spacial score (nSPS) is 10.6.